The lowest BCUT2D eigenvalue weighted by molar-refractivity contribution is 0.0715. The Labute approximate surface area is 199 Å². The average molecular weight is 457 g/mol. The van der Waals surface area contributed by atoms with E-state index in [1.54, 1.807) is 0 Å². The molecule has 1 N–H and O–H groups in total. The van der Waals surface area contributed by atoms with Gasteiger partial charge >= 0.3 is 0 Å². The van der Waals surface area contributed by atoms with Crippen molar-refractivity contribution in [2.45, 2.75) is 70.8 Å². The van der Waals surface area contributed by atoms with Crippen molar-refractivity contribution in [3.63, 3.8) is 0 Å². The number of nitrogens with zero attached hydrogens (tertiary/aromatic N) is 5. The van der Waals surface area contributed by atoms with Gasteiger partial charge in [-0.05, 0) is 83.1 Å². The van der Waals surface area contributed by atoms with E-state index in [-0.39, 0.29) is 11.4 Å². The number of amides is 1. The molecule has 1 saturated heterocycles. The first kappa shape index (κ1) is 21.3. The molecule has 1 aliphatic heterocycles. The fourth-order valence-corrected chi connectivity index (χ4v) is 5.41. The Morgan fingerprint density at radius 2 is 1.88 bits per heavy atom. The van der Waals surface area contributed by atoms with Crippen molar-refractivity contribution < 1.29 is 4.79 Å². The Bertz CT molecular complexity index is 1400. The number of aromatic amines is 1. The predicted octanol–water partition coefficient (Wildman–Crippen LogP) is 5.27. The number of carbonyl (C=O) groups is 1. The van der Waals surface area contributed by atoms with Crippen LogP contribution in [0.5, 0.6) is 0 Å². The maximum absolute atomic E-state index is 13.9. The molecule has 0 atom stereocenters. The lowest BCUT2D eigenvalue weighted by Gasteiger charge is -2.32. The highest BCUT2D eigenvalue weighted by atomic mass is 16.2. The van der Waals surface area contributed by atoms with Gasteiger partial charge in [-0.2, -0.15) is 5.10 Å². The van der Waals surface area contributed by atoms with Crippen LogP contribution in [-0.4, -0.2) is 48.6 Å². The molecule has 5 heterocycles. The number of nitrogens with one attached hydrogen (secondary N) is 1. The van der Waals surface area contributed by atoms with Crippen LogP contribution < -0.4 is 0 Å². The molecular weight excluding hydrogens is 424 g/mol. The summed E-state index contributed by atoms with van der Waals surface area (Å²) in [6, 6.07) is 6.18. The Kier molecular flexibility index (Phi) is 4.80. The minimum absolute atomic E-state index is 0.116. The summed E-state index contributed by atoms with van der Waals surface area (Å²) in [5.74, 6) is 1.03. The minimum Gasteiger partial charge on any atom is -0.346 e. The van der Waals surface area contributed by atoms with Gasteiger partial charge in [-0.3, -0.25) is 4.79 Å². The summed E-state index contributed by atoms with van der Waals surface area (Å²) in [4.78, 5) is 28.6. The van der Waals surface area contributed by atoms with E-state index < -0.39 is 0 Å². The van der Waals surface area contributed by atoms with E-state index in [9.17, 15) is 4.79 Å². The molecule has 7 nitrogen and oxygen atoms in total. The molecule has 0 unspecified atom stereocenters. The third-order valence-electron chi connectivity index (χ3n) is 7.40. The number of H-pyrrole nitrogens is 1. The standard InChI is InChI=1S/C27H32N6O/c1-16-23-20(14-22(18-7-8-18)30-25(23)33(31-16)27(2,3)4)26(34)32-12-9-17(10-13-32)21-15-29-24-19(21)6-5-11-28-24/h5-6,11,14-15,17-18H,7-10,12-13H2,1-4H3,(H,28,29). The van der Waals surface area contributed by atoms with E-state index in [1.165, 1.54) is 10.9 Å². The lowest BCUT2D eigenvalue weighted by Crippen LogP contribution is -2.38. The van der Waals surface area contributed by atoms with Crippen molar-refractivity contribution in [1.29, 1.82) is 0 Å². The zero-order chi connectivity index (χ0) is 23.6. The number of carbonyl (C=O) groups excluding carboxylic acids is 1. The molecule has 4 aromatic rings. The van der Waals surface area contributed by atoms with Crippen LogP contribution in [0, 0.1) is 6.92 Å². The van der Waals surface area contributed by atoms with E-state index in [2.05, 4.69) is 49.1 Å². The van der Waals surface area contributed by atoms with E-state index in [4.69, 9.17) is 10.1 Å². The fraction of sp³-hybridized carbons (Fsp3) is 0.481. The maximum atomic E-state index is 13.9. The van der Waals surface area contributed by atoms with Gasteiger partial charge in [0.25, 0.3) is 5.91 Å². The van der Waals surface area contributed by atoms with Gasteiger partial charge in [0, 0.05) is 42.5 Å². The van der Waals surface area contributed by atoms with Crippen molar-refractivity contribution >= 4 is 28.0 Å². The molecular formula is C27H32N6O. The van der Waals surface area contributed by atoms with Crippen LogP contribution in [0.1, 0.15) is 85.6 Å². The summed E-state index contributed by atoms with van der Waals surface area (Å²) in [7, 11) is 0. The third-order valence-corrected chi connectivity index (χ3v) is 7.40. The molecule has 2 fully saturated rings. The predicted molar refractivity (Wildman–Crippen MR) is 133 cm³/mol. The SMILES string of the molecule is Cc1nn(C(C)(C)C)c2nc(C3CC3)cc(C(=O)N3CCC(c4c[nH]c5ncccc45)CC3)c12. The number of aromatic nitrogens is 5. The highest BCUT2D eigenvalue weighted by Gasteiger charge is 2.33. The van der Waals surface area contributed by atoms with Crippen molar-refractivity contribution in [2.75, 3.05) is 13.1 Å². The van der Waals surface area contributed by atoms with E-state index in [1.807, 2.05) is 28.8 Å². The Morgan fingerprint density at radius 3 is 2.59 bits per heavy atom. The van der Waals surface area contributed by atoms with Gasteiger partial charge in [0.15, 0.2) is 5.65 Å². The zero-order valence-corrected chi connectivity index (χ0v) is 20.4. The number of fused-ring (bicyclic) bond motifs is 2. The van der Waals surface area contributed by atoms with E-state index in [0.717, 1.165) is 72.4 Å². The largest absolute Gasteiger partial charge is 0.346 e. The molecule has 4 aromatic heterocycles. The summed E-state index contributed by atoms with van der Waals surface area (Å²) < 4.78 is 2.00. The summed E-state index contributed by atoms with van der Waals surface area (Å²) in [6.45, 7) is 9.92. The number of aryl methyl sites for hydroxylation is 1. The summed E-state index contributed by atoms with van der Waals surface area (Å²) in [5, 5.41) is 6.93. The second-order valence-corrected chi connectivity index (χ2v) is 10.9. The molecule has 6 rings (SSSR count). The molecule has 34 heavy (non-hydrogen) atoms. The number of likely N-dealkylation sites (tertiary alicyclic amines) is 1. The Hall–Kier alpha value is -3.22. The van der Waals surface area contributed by atoms with Gasteiger partial charge in [-0.25, -0.2) is 14.6 Å². The molecule has 1 amide bonds. The van der Waals surface area contributed by atoms with Crippen LogP contribution in [0.3, 0.4) is 0 Å². The molecule has 0 spiro atoms. The topological polar surface area (TPSA) is 79.7 Å². The second kappa shape index (κ2) is 7.65. The number of pyridine rings is 2. The van der Waals surface area contributed by atoms with E-state index in [0.29, 0.717) is 11.8 Å². The number of hydrogen-bond acceptors (Lipinski definition) is 4. The fourth-order valence-electron chi connectivity index (χ4n) is 5.41. The number of rotatable bonds is 3. The molecule has 0 radical (unpaired) electrons. The van der Waals surface area contributed by atoms with Gasteiger partial charge in [-0.1, -0.05) is 0 Å². The van der Waals surface area contributed by atoms with Gasteiger partial charge in [0.2, 0.25) is 0 Å². The first-order valence-electron chi connectivity index (χ1n) is 12.4. The van der Waals surface area contributed by atoms with Crippen LogP contribution in [0.4, 0.5) is 0 Å². The quantitative estimate of drug-likeness (QED) is 0.456. The van der Waals surface area contributed by atoms with Crippen molar-refractivity contribution in [3.05, 3.63) is 53.1 Å². The first-order chi connectivity index (χ1) is 16.3. The first-order valence-corrected chi connectivity index (χ1v) is 12.4. The van der Waals surface area contributed by atoms with Gasteiger partial charge in [0.05, 0.1) is 22.2 Å². The molecule has 0 bridgehead atoms. The van der Waals surface area contributed by atoms with Crippen molar-refractivity contribution in [2.24, 2.45) is 0 Å². The van der Waals surface area contributed by atoms with Crippen LogP contribution in [-0.2, 0) is 5.54 Å². The average Bonchev–Trinajstić information content (AvgIpc) is 3.50. The summed E-state index contributed by atoms with van der Waals surface area (Å²) >= 11 is 0. The lowest BCUT2D eigenvalue weighted by atomic mass is 9.89. The monoisotopic (exact) mass is 456 g/mol. The van der Waals surface area contributed by atoms with Gasteiger partial charge < -0.3 is 9.88 Å². The second-order valence-electron chi connectivity index (χ2n) is 10.9. The summed E-state index contributed by atoms with van der Waals surface area (Å²) in [6.07, 6.45) is 8.13. The normalized spacial score (nSPS) is 17.7. The van der Waals surface area contributed by atoms with Crippen LogP contribution in [0.15, 0.2) is 30.6 Å². The van der Waals surface area contributed by atoms with Gasteiger partial charge in [0.1, 0.15) is 5.65 Å². The highest BCUT2D eigenvalue weighted by molar-refractivity contribution is 6.06. The molecule has 1 aliphatic carbocycles. The number of piperidine rings is 1. The van der Waals surface area contributed by atoms with Crippen molar-refractivity contribution in [3.8, 4) is 0 Å². The maximum Gasteiger partial charge on any atom is 0.254 e. The number of hydrogen-bond donors (Lipinski definition) is 1. The molecule has 0 aromatic carbocycles. The van der Waals surface area contributed by atoms with Crippen LogP contribution >= 0.6 is 0 Å². The van der Waals surface area contributed by atoms with Crippen LogP contribution in [0.2, 0.25) is 0 Å². The summed E-state index contributed by atoms with van der Waals surface area (Å²) in [5.41, 5.74) is 5.60. The molecule has 2 aliphatic rings. The molecule has 176 valence electrons. The van der Waals surface area contributed by atoms with Gasteiger partial charge in [-0.15, -0.1) is 0 Å². The van der Waals surface area contributed by atoms with E-state index >= 15 is 0 Å². The Morgan fingerprint density at radius 1 is 1.12 bits per heavy atom. The minimum atomic E-state index is -0.200. The molecule has 7 heteroatoms. The van der Waals surface area contributed by atoms with Crippen LogP contribution in [0.25, 0.3) is 22.1 Å². The third kappa shape index (κ3) is 3.49. The zero-order valence-electron chi connectivity index (χ0n) is 20.4. The van der Waals surface area contributed by atoms with Crippen molar-refractivity contribution in [1.82, 2.24) is 29.6 Å². The Balaban J connectivity index is 1.31. The smallest absolute Gasteiger partial charge is 0.254 e. The highest BCUT2D eigenvalue weighted by Crippen LogP contribution is 2.41. The molecule has 1 saturated carbocycles.